The third-order valence-corrected chi connectivity index (χ3v) is 8.62. The number of hydrogen-bond acceptors (Lipinski definition) is 3. The third kappa shape index (κ3) is 10.3. The quantitative estimate of drug-likeness (QED) is 0.534. The highest BCUT2D eigenvalue weighted by Crippen LogP contribution is 2.18. The third-order valence-electron chi connectivity index (χ3n) is 2.01. The van der Waals surface area contributed by atoms with Crippen LogP contribution < -0.4 is 0 Å². The summed E-state index contributed by atoms with van der Waals surface area (Å²) in [6, 6.07) is 0. The number of rotatable bonds is 7. The van der Waals surface area contributed by atoms with Gasteiger partial charge in [0, 0.05) is 0 Å². The highest BCUT2D eigenvalue weighted by atomic mass is 28.4. The van der Waals surface area contributed by atoms with E-state index in [2.05, 4.69) is 19.6 Å². The van der Waals surface area contributed by atoms with Gasteiger partial charge >= 0.3 is 5.97 Å². The largest absolute Gasteiger partial charge is 0.453 e. The van der Waals surface area contributed by atoms with Crippen LogP contribution in [-0.2, 0) is 18.4 Å². The molecule has 0 aromatic carbocycles. The molecule has 7 heteroatoms. The Labute approximate surface area is 120 Å². The van der Waals surface area contributed by atoms with E-state index in [1.165, 1.54) is 0 Å². The van der Waals surface area contributed by atoms with Crippen molar-refractivity contribution < 1.29 is 18.4 Å². The van der Waals surface area contributed by atoms with Crippen LogP contribution in [0.2, 0.25) is 52.4 Å². The highest BCUT2D eigenvalue weighted by molar-refractivity contribution is 6.87. The number of hydrogen-bond donors (Lipinski definition) is 0. The molecule has 0 aliphatic heterocycles. The molecule has 0 unspecified atom stereocenters. The van der Waals surface area contributed by atoms with E-state index in [9.17, 15) is 9.90 Å². The Hall–Kier alpha value is -0.219. The predicted molar refractivity (Wildman–Crippen MR) is 85.0 cm³/mol. The Balaban J connectivity index is 4.97. The standard InChI is InChI=1S/C12H27O4Si3/c1-17(2,3)15-9-11(12(13)14)10-19(7,8)16-18(4,5)6/h10H,9H2,1-8H3. The smallest absolute Gasteiger partial charge is 0.384 e. The Kier molecular flexibility index (Phi) is 6.41. The summed E-state index contributed by atoms with van der Waals surface area (Å²) in [6.45, 7) is 16.5. The normalized spacial score (nSPS) is 14.6. The SMILES string of the molecule is C[Si](C)(C)OCC(=C[Si](C)(C)O[Si](C)(C)C)C([O])=O. The van der Waals surface area contributed by atoms with Gasteiger partial charge in [0.05, 0.1) is 12.2 Å². The highest BCUT2D eigenvalue weighted by Gasteiger charge is 2.30. The van der Waals surface area contributed by atoms with Gasteiger partial charge < -0.3 is 8.54 Å². The molecule has 0 aromatic rings. The topological polar surface area (TPSA) is 55.4 Å². The maximum absolute atomic E-state index is 11.2. The second kappa shape index (κ2) is 6.49. The van der Waals surface area contributed by atoms with Crippen LogP contribution in [0.25, 0.3) is 0 Å². The van der Waals surface area contributed by atoms with Gasteiger partial charge in [-0.15, -0.1) is 0 Å². The molecule has 0 saturated carbocycles. The summed E-state index contributed by atoms with van der Waals surface area (Å²) in [7, 11) is -5.57. The van der Waals surface area contributed by atoms with E-state index in [1.807, 2.05) is 32.7 Å². The molecule has 1 radical (unpaired) electrons. The van der Waals surface area contributed by atoms with Gasteiger partial charge in [-0.05, 0) is 52.4 Å². The summed E-state index contributed by atoms with van der Waals surface area (Å²) in [5, 5.41) is 11.2. The van der Waals surface area contributed by atoms with E-state index in [4.69, 9.17) is 8.54 Å². The lowest BCUT2D eigenvalue weighted by Crippen LogP contribution is -2.42. The average Bonchev–Trinajstić information content (AvgIpc) is 2.05. The van der Waals surface area contributed by atoms with Gasteiger partial charge in [0.25, 0.3) is 0 Å². The zero-order valence-corrected chi connectivity index (χ0v) is 16.4. The van der Waals surface area contributed by atoms with E-state index in [-0.39, 0.29) is 12.2 Å². The Morgan fingerprint density at radius 3 is 1.74 bits per heavy atom. The molecular formula is C12H27O4Si3. The Morgan fingerprint density at radius 1 is 0.947 bits per heavy atom. The molecule has 19 heavy (non-hydrogen) atoms. The molecule has 111 valence electrons. The minimum Gasteiger partial charge on any atom is -0.453 e. The van der Waals surface area contributed by atoms with Gasteiger partial charge in [0.1, 0.15) is 0 Å². The molecule has 0 spiro atoms. The molecular weight excluding hydrogens is 292 g/mol. The fourth-order valence-electron chi connectivity index (χ4n) is 1.69. The first-order valence-electron chi connectivity index (χ1n) is 6.49. The summed E-state index contributed by atoms with van der Waals surface area (Å²) in [4.78, 5) is 11.2. The summed E-state index contributed by atoms with van der Waals surface area (Å²) in [6.07, 6.45) is 0. The fourth-order valence-corrected chi connectivity index (χ4v) is 9.87. The molecule has 0 aromatic heterocycles. The molecule has 0 N–H and O–H groups in total. The van der Waals surface area contributed by atoms with Crippen LogP contribution in [-0.4, -0.2) is 37.5 Å². The monoisotopic (exact) mass is 319 g/mol. The zero-order valence-electron chi connectivity index (χ0n) is 13.4. The minimum absolute atomic E-state index is 0.115. The van der Waals surface area contributed by atoms with Crippen molar-refractivity contribution in [2.75, 3.05) is 6.61 Å². The van der Waals surface area contributed by atoms with Crippen molar-refractivity contribution in [3.8, 4) is 0 Å². The van der Waals surface area contributed by atoms with Gasteiger partial charge in [-0.2, -0.15) is 0 Å². The molecule has 0 aliphatic rings. The maximum atomic E-state index is 11.2. The molecule has 0 bridgehead atoms. The summed E-state index contributed by atoms with van der Waals surface area (Å²) in [5.41, 5.74) is 1.97. The lowest BCUT2D eigenvalue weighted by molar-refractivity contribution is -0.138. The van der Waals surface area contributed by atoms with Crippen molar-refractivity contribution in [1.29, 1.82) is 0 Å². The van der Waals surface area contributed by atoms with Gasteiger partial charge in [-0.1, -0.05) is 5.70 Å². The molecule has 0 atom stereocenters. The van der Waals surface area contributed by atoms with Crippen molar-refractivity contribution in [1.82, 2.24) is 0 Å². The van der Waals surface area contributed by atoms with Crippen LogP contribution in [0.1, 0.15) is 0 Å². The second-order valence-corrected chi connectivity index (χ2v) is 20.2. The first-order valence-corrected chi connectivity index (χ1v) is 16.3. The lowest BCUT2D eigenvalue weighted by Gasteiger charge is -2.29. The van der Waals surface area contributed by atoms with Crippen molar-refractivity contribution >= 4 is 30.9 Å². The van der Waals surface area contributed by atoms with Crippen molar-refractivity contribution in [2.45, 2.75) is 52.4 Å². The van der Waals surface area contributed by atoms with Gasteiger partial charge in [-0.3, -0.25) is 0 Å². The fraction of sp³-hybridized carbons (Fsp3) is 0.750. The second-order valence-electron chi connectivity index (χ2n) is 7.18. The Bertz CT molecular complexity index is 351. The van der Waals surface area contributed by atoms with Crippen LogP contribution in [0, 0.1) is 0 Å². The Morgan fingerprint density at radius 2 is 1.42 bits per heavy atom. The minimum atomic E-state index is -2.15. The number of carbonyl (C=O) groups excluding carboxylic acids is 1. The molecule has 0 saturated heterocycles. The zero-order chi connectivity index (χ0) is 15.5. The van der Waals surface area contributed by atoms with E-state index >= 15 is 0 Å². The van der Waals surface area contributed by atoms with Crippen LogP contribution >= 0.6 is 0 Å². The average molecular weight is 320 g/mol. The molecule has 4 nitrogen and oxygen atoms in total. The molecule has 0 amide bonds. The predicted octanol–water partition coefficient (Wildman–Crippen LogP) is 3.32. The van der Waals surface area contributed by atoms with Crippen molar-refractivity contribution in [2.24, 2.45) is 0 Å². The molecule has 0 fully saturated rings. The summed E-state index contributed by atoms with van der Waals surface area (Å²) < 4.78 is 11.8. The molecule has 0 rings (SSSR count). The van der Waals surface area contributed by atoms with Gasteiger partial charge in [-0.25, -0.2) is 9.90 Å². The van der Waals surface area contributed by atoms with Crippen molar-refractivity contribution in [3.63, 3.8) is 0 Å². The number of carbonyl (C=O) groups is 1. The van der Waals surface area contributed by atoms with Crippen molar-refractivity contribution in [3.05, 3.63) is 11.3 Å². The maximum Gasteiger partial charge on any atom is 0.384 e. The van der Waals surface area contributed by atoms with Crippen LogP contribution in [0.4, 0.5) is 0 Å². The lowest BCUT2D eigenvalue weighted by atomic mass is 10.3. The van der Waals surface area contributed by atoms with E-state index < -0.39 is 30.9 Å². The van der Waals surface area contributed by atoms with Gasteiger partial charge in [0.15, 0.2) is 25.0 Å². The van der Waals surface area contributed by atoms with E-state index in [1.54, 1.807) is 5.70 Å². The van der Waals surface area contributed by atoms with Gasteiger partial charge in [0.2, 0.25) is 0 Å². The van der Waals surface area contributed by atoms with E-state index in [0.717, 1.165) is 0 Å². The summed E-state index contributed by atoms with van der Waals surface area (Å²) in [5.74, 6) is -1.15. The molecule has 0 aliphatic carbocycles. The van der Waals surface area contributed by atoms with Crippen LogP contribution in [0.3, 0.4) is 0 Å². The first-order chi connectivity index (χ1) is 8.22. The van der Waals surface area contributed by atoms with Crippen LogP contribution in [0.15, 0.2) is 11.3 Å². The first kappa shape index (κ1) is 18.8. The summed E-state index contributed by atoms with van der Waals surface area (Å²) >= 11 is 0. The molecule has 0 heterocycles. The van der Waals surface area contributed by atoms with E-state index in [0.29, 0.717) is 0 Å². The van der Waals surface area contributed by atoms with Crippen LogP contribution in [0.5, 0.6) is 0 Å².